The predicted octanol–water partition coefficient (Wildman–Crippen LogP) is 0.941. The molecule has 1 saturated heterocycles. The van der Waals surface area contributed by atoms with Crippen LogP contribution in [0.5, 0.6) is 0 Å². The molecule has 0 aromatic rings. The summed E-state index contributed by atoms with van der Waals surface area (Å²) >= 11 is 0. The number of nitrogens with one attached hydrogen (secondary N) is 2. The van der Waals surface area contributed by atoms with Gasteiger partial charge in [-0.25, -0.2) is 4.72 Å². The number of rotatable bonds is 8. The van der Waals surface area contributed by atoms with Crippen LogP contribution in [0.3, 0.4) is 0 Å². The fourth-order valence-electron chi connectivity index (χ4n) is 2.08. The Hall–Kier alpha value is -0.170. The first-order valence-electron chi connectivity index (χ1n) is 6.93. The van der Waals surface area contributed by atoms with Crippen LogP contribution in [0.4, 0.5) is 0 Å². The van der Waals surface area contributed by atoms with Crippen LogP contribution in [-0.4, -0.2) is 44.9 Å². The Labute approximate surface area is 112 Å². The molecule has 0 amide bonds. The molecule has 1 fully saturated rings. The maximum absolute atomic E-state index is 12.2. The van der Waals surface area contributed by atoms with Crippen LogP contribution in [0.15, 0.2) is 0 Å². The fourth-order valence-corrected chi connectivity index (χ4v) is 3.61. The van der Waals surface area contributed by atoms with Crippen molar-refractivity contribution in [1.82, 2.24) is 14.3 Å². The Morgan fingerprint density at radius 1 is 1.44 bits per heavy atom. The molecule has 0 radical (unpaired) electrons. The summed E-state index contributed by atoms with van der Waals surface area (Å²) in [5, 5.41) is 3.35. The maximum Gasteiger partial charge on any atom is 0.279 e. The SMILES string of the molecule is CCCN(CC1CCCN1)S(=O)(=O)NCC(C)C. The van der Waals surface area contributed by atoms with E-state index in [-0.39, 0.29) is 0 Å². The Balaban J connectivity index is 2.57. The summed E-state index contributed by atoms with van der Waals surface area (Å²) in [7, 11) is -3.32. The molecule has 1 unspecified atom stereocenters. The van der Waals surface area contributed by atoms with Gasteiger partial charge in [-0.3, -0.25) is 0 Å². The molecule has 0 aromatic heterocycles. The molecule has 108 valence electrons. The Morgan fingerprint density at radius 3 is 2.67 bits per heavy atom. The van der Waals surface area contributed by atoms with Crippen molar-refractivity contribution in [2.45, 2.75) is 46.1 Å². The monoisotopic (exact) mass is 277 g/mol. The summed E-state index contributed by atoms with van der Waals surface area (Å²) in [6.45, 7) is 8.70. The molecule has 0 bridgehead atoms. The van der Waals surface area contributed by atoms with Gasteiger partial charge in [0.15, 0.2) is 0 Å². The number of hydrogen-bond acceptors (Lipinski definition) is 3. The van der Waals surface area contributed by atoms with Crippen LogP contribution >= 0.6 is 0 Å². The summed E-state index contributed by atoms with van der Waals surface area (Å²) in [5.41, 5.74) is 0. The smallest absolute Gasteiger partial charge is 0.279 e. The van der Waals surface area contributed by atoms with E-state index in [1.807, 2.05) is 20.8 Å². The second-order valence-electron chi connectivity index (χ2n) is 5.40. The van der Waals surface area contributed by atoms with Crippen molar-refractivity contribution in [3.05, 3.63) is 0 Å². The highest BCUT2D eigenvalue weighted by Crippen LogP contribution is 2.10. The number of hydrogen-bond donors (Lipinski definition) is 2. The first-order chi connectivity index (χ1) is 8.45. The first-order valence-corrected chi connectivity index (χ1v) is 8.37. The van der Waals surface area contributed by atoms with Gasteiger partial charge in [0.25, 0.3) is 10.2 Å². The van der Waals surface area contributed by atoms with Crippen LogP contribution in [0, 0.1) is 5.92 Å². The van der Waals surface area contributed by atoms with Gasteiger partial charge in [0.1, 0.15) is 0 Å². The molecule has 0 saturated carbocycles. The molecule has 6 heteroatoms. The number of nitrogens with zero attached hydrogens (tertiary/aromatic N) is 1. The van der Waals surface area contributed by atoms with E-state index in [4.69, 9.17) is 0 Å². The highest BCUT2D eigenvalue weighted by atomic mass is 32.2. The lowest BCUT2D eigenvalue weighted by Crippen LogP contribution is -2.47. The Kier molecular flexibility index (Phi) is 6.55. The van der Waals surface area contributed by atoms with Gasteiger partial charge < -0.3 is 5.32 Å². The summed E-state index contributed by atoms with van der Waals surface area (Å²) < 4.78 is 28.7. The molecule has 0 aromatic carbocycles. The van der Waals surface area contributed by atoms with E-state index in [1.165, 1.54) is 0 Å². The van der Waals surface area contributed by atoms with E-state index >= 15 is 0 Å². The van der Waals surface area contributed by atoms with Gasteiger partial charge >= 0.3 is 0 Å². The third-order valence-corrected chi connectivity index (χ3v) is 4.62. The normalized spacial score (nSPS) is 21.1. The van der Waals surface area contributed by atoms with Crippen molar-refractivity contribution in [2.75, 3.05) is 26.2 Å². The summed E-state index contributed by atoms with van der Waals surface area (Å²) in [6, 6.07) is 0.312. The van der Waals surface area contributed by atoms with E-state index in [0.717, 1.165) is 25.8 Å². The Bertz CT molecular complexity index is 324. The molecule has 0 spiro atoms. The van der Waals surface area contributed by atoms with E-state index in [1.54, 1.807) is 4.31 Å². The minimum Gasteiger partial charge on any atom is -0.313 e. The van der Waals surface area contributed by atoms with Crippen LogP contribution in [0.2, 0.25) is 0 Å². The highest BCUT2D eigenvalue weighted by molar-refractivity contribution is 7.87. The molecule has 0 aliphatic carbocycles. The van der Waals surface area contributed by atoms with E-state index in [9.17, 15) is 8.42 Å². The van der Waals surface area contributed by atoms with Crippen molar-refractivity contribution in [3.63, 3.8) is 0 Å². The first kappa shape index (κ1) is 15.9. The zero-order valence-electron chi connectivity index (χ0n) is 11.8. The van der Waals surface area contributed by atoms with Gasteiger partial charge in [0.05, 0.1) is 0 Å². The molecular weight excluding hydrogens is 250 g/mol. The van der Waals surface area contributed by atoms with E-state index in [2.05, 4.69) is 10.0 Å². The van der Waals surface area contributed by atoms with Gasteiger partial charge in [0, 0.05) is 25.7 Å². The third-order valence-electron chi connectivity index (χ3n) is 3.07. The zero-order valence-corrected chi connectivity index (χ0v) is 12.6. The minimum absolute atomic E-state index is 0.312. The molecule has 5 nitrogen and oxygen atoms in total. The minimum atomic E-state index is -3.32. The molecule has 2 N–H and O–H groups in total. The standard InChI is InChI=1S/C12H27N3O2S/c1-4-8-15(10-12-6-5-7-13-12)18(16,17)14-9-11(2)3/h11-14H,4-10H2,1-3H3. The van der Waals surface area contributed by atoms with Gasteiger partial charge in [-0.15, -0.1) is 0 Å². The molecule has 1 aliphatic rings. The van der Waals surface area contributed by atoms with E-state index < -0.39 is 10.2 Å². The van der Waals surface area contributed by atoms with Gasteiger partial charge in [-0.1, -0.05) is 20.8 Å². The highest BCUT2D eigenvalue weighted by Gasteiger charge is 2.25. The average Bonchev–Trinajstić information content (AvgIpc) is 2.79. The quantitative estimate of drug-likeness (QED) is 0.694. The molecule has 1 atom stereocenters. The lowest BCUT2D eigenvalue weighted by Gasteiger charge is -2.25. The lowest BCUT2D eigenvalue weighted by atomic mass is 10.2. The molecule has 18 heavy (non-hydrogen) atoms. The topological polar surface area (TPSA) is 61.4 Å². The van der Waals surface area contributed by atoms with Crippen molar-refractivity contribution >= 4 is 10.2 Å². The Morgan fingerprint density at radius 2 is 2.17 bits per heavy atom. The predicted molar refractivity (Wildman–Crippen MR) is 74.6 cm³/mol. The van der Waals surface area contributed by atoms with Crippen LogP contribution < -0.4 is 10.0 Å². The van der Waals surface area contributed by atoms with Gasteiger partial charge in [-0.05, 0) is 31.7 Å². The largest absolute Gasteiger partial charge is 0.313 e. The summed E-state index contributed by atoms with van der Waals surface area (Å²) in [6.07, 6.45) is 3.05. The summed E-state index contributed by atoms with van der Waals surface area (Å²) in [5.74, 6) is 0.327. The van der Waals surface area contributed by atoms with Crippen LogP contribution in [-0.2, 0) is 10.2 Å². The second-order valence-corrected chi connectivity index (χ2v) is 7.15. The van der Waals surface area contributed by atoms with Crippen LogP contribution in [0.25, 0.3) is 0 Å². The summed E-state index contributed by atoms with van der Waals surface area (Å²) in [4.78, 5) is 0. The third kappa shape index (κ3) is 5.22. The van der Waals surface area contributed by atoms with Gasteiger partial charge in [0.2, 0.25) is 0 Å². The maximum atomic E-state index is 12.2. The van der Waals surface area contributed by atoms with E-state index in [0.29, 0.717) is 31.6 Å². The van der Waals surface area contributed by atoms with Crippen LogP contribution in [0.1, 0.15) is 40.0 Å². The molecule has 1 aliphatic heterocycles. The van der Waals surface area contributed by atoms with Gasteiger partial charge in [-0.2, -0.15) is 12.7 Å². The van der Waals surface area contributed by atoms with Crippen molar-refractivity contribution in [3.8, 4) is 0 Å². The molecule has 1 heterocycles. The zero-order chi connectivity index (χ0) is 13.6. The van der Waals surface area contributed by atoms with Crippen molar-refractivity contribution in [1.29, 1.82) is 0 Å². The van der Waals surface area contributed by atoms with Crippen molar-refractivity contribution < 1.29 is 8.42 Å². The molecule has 1 rings (SSSR count). The van der Waals surface area contributed by atoms with Crippen molar-refractivity contribution in [2.24, 2.45) is 5.92 Å². The molecular formula is C12H27N3O2S. The fraction of sp³-hybridized carbons (Fsp3) is 1.00. The second kappa shape index (κ2) is 7.43. The lowest BCUT2D eigenvalue weighted by molar-refractivity contribution is 0.362. The average molecular weight is 277 g/mol.